The Hall–Kier alpha value is -3.60. The van der Waals surface area contributed by atoms with Crippen LogP contribution >= 0.6 is 0 Å². The predicted octanol–water partition coefficient (Wildman–Crippen LogP) is 4.99. The number of benzene rings is 2. The van der Waals surface area contributed by atoms with Gasteiger partial charge in [0, 0.05) is 34.4 Å². The summed E-state index contributed by atoms with van der Waals surface area (Å²) in [6.07, 6.45) is 5.28. The van der Waals surface area contributed by atoms with Gasteiger partial charge in [-0.1, -0.05) is 35.9 Å². The van der Waals surface area contributed by atoms with Gasteiger partial charge in [-0.15, -0.1) is 0 Å². The topological polar surface area (TPSA) is 62.7 Å². The average Bonchev–Trinajstić information content (AvgIpc) is 3.28. The van der Waals surface area contributed by atoms with Gasteiger partial charge in [0.1, 0.15) is 0 Å². The number of anilines is 1. The van der Waals surface area contributed by atoms with E-state index in [-0.39, 0.29) is 5.91 Å². The standard InChI is InChI=1S/C24H24N4O/c1-16-7-9-19(10-8-16)15-28-18(3)20(17(2)27-28)11-12-24(29)26-23-6-4-5-22-21(23)13-14-25-22/h4-14,25H,15H2,1-3H3,(H,26,29)/b12-11+. The minimum atomic E-state index is -0.163. The molecule has 0 radical (unpaired) electrons. The van der Waals surface area contributed by atoms with Crippen molar-refractivity contribution >= 4 is 28.6 Å². The van der Waals surface area contributed by atoms with Crippen LogP contribution in [0.15, 0.2) is 60.8 Å². The van der Waals surface area contributed by atoms with Gasteiger partial charge in [-0.25, -0.2) is 0 Å². The molecule has 0 saturated heterocycles. The lowest BCUT2D eigenvalue weighted by atomic mass is 10.1. The third kappa shape index (κ3) is 3.99. The Kier molecular flexibility index (Phi) is 5.04. The molecule has 0 fully saturated rings. The fourth-order valence-electron chi connectivity index (χ4n) is 3.50. The number of aromatic nitrogens is 3. The number of fused-ring (bicyclic) bond motifs is 1. The Labute approximate surface area is 170 Å². The van der Waals surface area contributed by atoms with Crippen molar-refractivity contribution in [1.29, 1.82) is 0 Å². The maximum Gasteiger partial charge on any atom is 0.248 e. The van der Waals surface area contributed by atoms with Crippen molar-refractivity contribution in [2.45, 2.75) is 27.3 Å². The molecule has 2 aromatic heterocycles. The number of rotatable bonds is 5. The first kappa shape index (κ1) is 18.7. The molecule has 29 heavy (non-hydrogen) atoms. The largest absolute Gasteiger partial charge is 0.361 e. The second-order valence-electron chi connectivity index (χ2n) is 7.29. The van der Waals surface area contributed by atoms with E-state index in [0.717, 1.165) is 33.5 Å². The van der Waals surface area contributed by atoms with Crippen LogP contribution in [0.1, 0.15) is 28.1 Å². The van der Waals surface area contributed by atoms with E-state index < -0.39 is 0 Å². The number of carbonyl (C=O) groups excluding carboxylic acids is 1. The highest BCUT2D eigenvalue weighted by molar-refractivity contribution is 6.07. The molecule has 0 saturated carbocycles. The molecule has 1 amide bonds. The zero-order chi connectivity index (χ0) is 20.4. The lowest BCUT2D eigenvalue weighted by Crippen LogP contribution is -2.08. The van der Waals surface area contributed by atoms with E-state index >= 15 is 0 Å². The number of hydrogen-bond acceptors (Lipinski definition) is 2. The highest BCUT2D eigenvalue weighted by atomic mass is 16.1. The van der Waals surface area contributed by atoms with E-state index in [1.165, 1.54) is 11.1 Å². The Morgan fingerprint density at radius 3 is 2.69 bits per heavy atom. The minimum Gasteiger partial charge on any atom is -0.361 e. The fourth-order valence-corrected chi connectivity index (χ4v) is 3.50. The van der Waals surface area contributed by atoms with E-state index in [1.807, 2.05) is 55.1 Å². The highest BCUT2D eigenvalue weighted by Crippen LogP contribution is 2.22. The monoisotopic (exact) mass is 384 g/mol. The van der Waals surface area contributed by atoms with Gasteiger partial charge < -0.3 is 10.3 Å². The summed E-state index contributed by atoms with van der Waals surface area (Å²) >= 11 is 0. The molecule has 0 aliphatic rings. The second kappa shape index (κ2) is 7.80. The fraction of sp³-hybridized carbons (Fsp3) is 0.167. The van der Waals surface area contributed by atoms with Crippen LogP contribution in [-0.4, -0.2) is 20.7 Å². The van der Waals surface area contributed by atoms with Crippen LogP contribution < -0.4 is 5.32 Å². The third-order valence-electron chi connectivity index (χ3n) is 5.14. The number of carbonyl (C=O) groups is 1. The minimum absolute atomic E-state index is 0.163. The van der Waals surface area contributed by atoms with Gasteiger partial charge in [0.2, 0.25) is 5.91 Å². The maximum absolute atomic E-state index is 12.5. The lowest BCUT2D eigenvalue weighted by molar-refractivity contribution is -0.111. The van der Waals surface area contributed by atoms with E-state index in [4.69, 9.17) is 0 Å². The van der Waals surface area contributed by atoms with Crippen molar-refractivity contribution in [3.05, 3.63) is 88.9 Å². The first-order valence-corrected chi connectivity index (χ1v) is 9.66. The first-order valence-electron chi connectivity index (χ1n) is 9.66. The van der Waals surface area contributed by atoms with Crippen LogP contribution in [0.4, 0.5) is 5.69 Å². The van der Waals surface area contributed by atoms with Crippen LogP contribution in [0.2, 0.25) is 0 Å². The second-order valence-corrected chi connectivity index (χ2v) is 7.29. The number of aromatic amines is 1. The molecule has 4 rings (SSSR count). The van der Waals surface area contributed by atoms with Crippen LogP contribution in [0.3, 0.4) is 0 Å². The van der Waals surface area contributed by atoms with Crippen LogP contribution in [0, 0.1) is 20.8 Å². The molecular formula is C24H24N4O. The molecule has 0 unspecified atom stereocenters. The number of aryl methyl sites for hydroxylation is 2. The number of amides is 1. The summed E-state index contributed by atoms with van der Waals surface area (Å²) in [5.41, 5.74) is 7.16. The van der Waals surface area contributed by atoms with Gasteiger partial charge >= 0.3 is 0 Å². The summed E-state index contributed by atoms with van der Waals surface area (Å²) < 4.78 is 1.98. The molecule has 2 aromatic carbocycles. The molecule has 0 atom stereocenters. The van der Waals surface area contributed by atoms with Crippen molar-refractivity contribution in [3.8, 4) is 0 Å². The molecule has 0 bridgehead atoms. The average molecular weight is 384 g/mol. The lowest BCUT2D eigenvalue weighted by Gasteiger charge is -2.05. The summed E-state index contributed by atoms with van der Waals surface area (Å²) in [6, 6.07) is 16.2. The third-order valence-corrected chi connectivity index (χ3v) is 5.14. The molecule has 4 aromatic rings. The molecule has 5 heteroatoms. The van der Waals surface area contributed by atoms with E-state index in [1.54, 1.807) is 6.08 Å². The Bertz CT molecular complexity index is 1200. The number of H-pyrrole nitrogens is 1. The smallest absolute Gasteiger partial charge is 0.248 e. The van der Waals surface area contributed by atoms with Crippen molar-refractivity contribution < 1.29 is 4.79 Å². The molecular weight excluding hydrogens is 360 g/mol. The predicted molar refractivity (Wildman–Crippen MR) is 118 cm³/mol. The molecule has 146 valence electrons. The number of nitrogens with one attached hydrogen (secondary N) is 2. The molecule has 5 nitrogen and oxygen atoms in total. The van der Waals surface area contributed by atoms with Gasteiger partial charge in [-0.2, -0.15) is 5.10 Å². The van der Waals surface area contributed by atoms with Crippen molar-refractivity contribution in [2.75, 3.05) is 5.32 Å². The summed E-state index contributed by atoms with van der Waals surface area (Å²) in [6.45, 7) is 6.79. The van der Waals surface area contributed by atoms with Crippen molar-refractivity contribution in [3.63, 3.8) is 0 Å². The van der Waals surface area contributed by atoms with Gasteiger partial charge in [0.05, 0.1) is 17.9 Å². The van der Waals surface area contributed by atoms with Crippen LogP contribution in [0.25, 0.3) is 17.0 Å². The zero-order valence-corrected chi connectivity index (χ0v) is 16.9. The SMILES string of the molecule is Cc1ccc(Cn2nc(C)c(/C=C/C(=O)Nc3cccc4[nH]ccc34)c2C)cc1. The van der Waals surface area contributed by atoms with Gasteiger partial charge in [-0.05, 0) is 50.6 Å². The summed E-state index contributed by atoms with van der Waals surface area (Å²) in [7, 11) is 0. The quantitative estimate of drug-likeness (QED) is 0.476. The Balaban J connectivity index is 1.50. The van der Waals surface area contributed by atoms with E-state index in [0.29, 0.717) is 6.54 Å². The molecule has 2 heterocycles. The first-order chi connectivity index (χ1) is 14.0. The summed E-state index contributed by atoms with van der Waals surface area (Å²) in [4.78, 5) is 15.6. The Morgan fingerprint density at radius 1 is 1.10 bits per heavy atom. The Morgan fingerprint density at radius 2 is 1.90 bits per heavy atom. The highest BCUT2D eigenvalue weighted by Gasteiger charge is 2.10. The number of nitrogens with zero attached hydrogens (tertiary/aromatic N) is 2. The molecule has 0 aliphatic heterocycles. The normalized spacial score (nSPS) is 11.4. The van der Waals surface area contributed by atoms with E-state index in [9.17, 15) is 4.79 Å². The van der Waals surface area contributed by atoms with Gasteiger partial charge in [-0.3, -0.25) is 9.48 Å². The van der Waals surface area contributed by atoms with Crippen molar-refractivity contribution in [2.24, 2.45) is 0 Å². The molecule has 0 spiro atoms. The van der Waals surface area contributed by atoms with Crippen LogP contribution in [-0.2, 0) is 11.3 Å². The van der Waals surface area contributed by atoms with Gasteiger partial charge in [0.25, 0.3) is 0 Å². The maximum atomic E-state index is 12.5. The molecule has 0 aliphatic carbocycles. The van der Waals surface area contributed by atoms with Crippen LogP contribution in [0.5, 0.6) is 0 Å². The zero-order valence-electron chi connectivity index (χ0n) is 16.9. The summed E-state index contributed by atoms with van der Waals surface area (Å²) in [5, 5.41) is 8.61. The number of hydrogen-bond donors (Lipinski definition) is 2. The summed E-state index contributed by atoms with van der Waals surface area (Å²) in [5.74, 6) is -0.163. The molecule has 2 N–H and O–H groups in total. The van der Waals surface area contributed by atoms with E-state index in [2.05, 4.69) is 46.6 Å². The van der Waals surface area contributed by atoms with Crippen molar-refractivity contribution in [1.82, 2.24) is 14.8 Å². The van der Waals surface area contributed by atoms with Gasteiger partial charge in [0.15, 0.2) is 0 Å².